The highest BCUT2D eigenvalue weighted by Gasteiger charge is 2.20. The van der Waals surface area contributed by atoms with Crippen LogP contribution in [0.2, 0.25) is 0 Å². The summed E-state index contributed by atoms with van der Waals surface area (Å²) in [4.78, 5) is 12.5. The van der Waals surface area contributed by atoms with E-state index in [2.05, 4.69) is 26.2 Å². The molecule has 0 unspecified atom stereocenters. The predicted molar refractivity (Wildman–Crippen MR) is 113 cm³/mol. The monoisotopic (exact) mass is 429 g/mol. The lowest BCUT2D eigenvalue weighted by atomic mass is 10.2. The molecule has 0 bridgehead atoms. The van der Waals surface area contributed by atoms with Crippen molar-refractivity contribution < 1.29 is 13.2 Å². The van der Waals surface area contributed by atoms with Gasteiger partial charge in [-0.3, -0.25) is 4.79 Å². The molecule has 30 heavy (non-hydrogen) atoms. The number of hydrogen-bond acceptors (Lipinski definition) is 7. The van der Waals surface area contributed by atoms with E-state index >= 15 is 0 Å². The number of carbonyl (C=O) groups excluding carboxylic acids is 1. The minimum Gasteiger partial charge on any atom is -0.376 e. The Morgan fingerprint density at radius 3 is 2.53 bits per heavy atom. The summed E-state index contributed by atoms with van der Waals surface area (Å²) in [5.74, 6) is 0.337. The summed E-state index contributed by atoms with van der Waals surface area (Å²) in [6, 6.07) is 12.1. The minimum atomic E-state index is -3.60. The Morgan fingerprint density at radius 2 is 1.87 bits per heavy atom. The quantitative estimate of drug-likeness (QED) is 0.585. The number of nitrogens with zero attached hydrogens (tertiary/aromatic N) is 5. The summed E-state index contributed by atoms with van der Waals surface area (Å²) in [6.45, 7) is 3.50. The summed E-state index contributed by atoms with van der Waals surface area (Å²) in [7, 11) is -0.669. The first-order valence-corrected chi connectivity index (χ1v) is 10.5. The van der Waals surface area contributed by atoms with Gasteiger partial charge in [0.25, 0.3) is 0 Å². The topological polar surface area (TPSA) is 122 Å². The molecular weight excluding hydrogens is 406 g/mol. The summed E-state index contributed by atoms with van der Waals surface area (Å²) < 4.78 is 27.6. The van der Waals surface area contributed by atoms with Crippen LogP contribution in [0.4, 0.5) is 11.4 Å². The molecule has 158 valence electrons. The van der Waals surface area contributed by atoms with Crippen LogP contribution in [0.15, 0.2) is 47.4 Å². The molecule has 0 saturated heterocycles. The number of rotatable bonds is 7. The van der Waals surface area contributed by atoms with Crippen LogP contribution >= 0.6 is 0 Å². The lowest BCUT2D eigenvalue weighted by Gasteiger charge is -2.15. The number of hydrogen-bond donors (Lipinski definition) is 2. The number of sulfonamides is 1. The van der Waals surface area contributed by atoms with Gasteiger partial charge in [0, 0.05) is 25.5 Å². The van der Waals surface area contributed by atoms with Crippen molar-refractivity contribution in [2.45, 2.75) is 18.7 Å². The lowest BCUT2D eigenvalue weighted by Crippen LogP contribution is -2.24. The van der Waals surface area contributed by atoms with Gasteiger partial charge in [-0.1, -0.05) is 12.1 Å². The molecule has 10 nitrogen and oxygen atoms in total. The third-order valence-electron chi connectivity index (χ3n) is 4.40. The highest BCUT2D eigenvalue weighted by atomic mass is 32.2. The van der Waals surface area contributed by atoms with Gasteiger partial charge in [-0.15, -0.1) is 5.10 Å². The molecule has 1 amide bonds. The number of amides is 1. The van der Waals surface area contributed by atoms with Gasteiger partial charge in [-0.2, -0.15) is 4.68 Å². The number of carbonyl (C=O) groups is 1. The molecule has 3 rings (SSSR count). The molecule has 0 aliphatic carbocycles. The Kier molecular flexibility index (Phi) is 6.13. The van der Waals surface area contributed by atoms with Crippen LogP contribution < -0.4 is 10.6 Å². The van der Waals surface area contributed by atoms with Crippen LogP contribution in [0.25, 0.3) is 5.69 Å². The third kappa shape index (κ3) is 4.63. The second-order valence-electron chi connectivity index (χ2n) is 6.86. The van der Waals surface area contributed by atoms with Gasteiger partial charge in [-0.05, 0) is 60.2 Å². The zero-order valence-electron chi connectivity index (χ0n) is 17.1. The molecule has 0 radical (unpaired) electrons. The van der Waals surface area contributed by atoms with E-state index in [1.807, 2.05) is 24.3 Å². The van der Waals surface area contributed by atoms with Crippen molar-refractivity contribution in [3.05, 3.63) is 53.9 Å². The van der Waals surface area contributed by atoms with Gasteiger partial charge in [0.1, 0.15) is 0 Å². The highest BCUT2D eigenvalue weighted by Crippen LogP contribution is 2.22. The summed E-state index contributed by atoms with van der Waals surface area (Å²) in [6.07, 6.45) is 0. The largest absolute Gasteiger partial charge is 0.376 e. The van der Waals surface area contributed by atoms with Crippen LogP contribution in [0.3, 0.4) is 0 Å². The fourth-order valence-electron chi connectivity index (χ4n) is 2.76. The second kappa shape index (κ2) is 8.59. The van der Waals surface area contributed by atoms with Crippen LogP contribution in [0.5, 0.6) is 0 Å². The van der Waals surface area contributed by atoms with Crippen molar-refractivity contribution in [3.8, 4) is 5.69 Å². The molecular formula is C19H23N7O3S. The molecule has 0 fully saturated rings. The molecule has 0 saturated carbocycles. The molecule has 11 heteroatoms. The molecule has 0 atom stereocenters. The van der Waals surface area contributed by atoms with Gasteiger partial charge in [0.15, 0.2) is 5.82 Å². The smallest absolute Gasteiger partial charge is 0.243 e. The van der Waals surface area contributed by atoms with Crippen LogP contribution in [0, 0.1) is 13.8 Å². The number of anilines is 2. The molecule has 2 aromatic carbocycles. The van der Waals surface area contributed by atoms with E-state index in [4.69, 9.17) is 0 Å². The lowest BCUT2D eigenvalue weighted by molar-refractivity contribution is -0.114. The minimum absolute atomic E-state index is 0.00167. The van der Waals surface area contributed by atoms with Gasteiger partial charge >= 0.3 is 0 Å². The van der Waals surface area contributed by atoms with E-state index in [9.17, 15) is 13.2 Å². The van der Waals surface area contributed by atoms with Crippen LogP contribution in [0.1, 0.15) is 11.4 Å². The summed E-state index contributed by atoms with van der Waals surface area (Å²) >= 11 is 0. The van der Waals surface area contributed by atoms with E-state index < -0.39 is 10.0 Å². The van der Waals surface area contributed by atoms with Crippen molar-refractivity contribution in [1.29, 1.82) is 0 Å². The first kappa shape index (κ1) is 21.4. The van der Waals surface area contributed by atoms with Gasteiger partial charge < -0.3 is 10.6 Å². The van der Waals surface area contributed by atoms with Crippen LogP contribution in [-0.2, 0) is 14.8 Å². The Labute approximate surface area is 175 Å². The maximum absolute atomic E-state index is 12.4. The molecule has 0 aliphatic heterocycles. The Morgan fingerprint density at radius 1 is 1.10 bits per heavy atom. The van der Waals surface area contributed by atoms with E-state index in [0.717, 1.165) is 15.7 Å². The maximum Gasteiger partial charge on any atom is 0.243 e. The number of aryl methyl sites for hydroxylation is 2. The molecule has 1 heterocycles. The zero-order valence-corrected chi connectivity index (χ0v) is 17.9. The number of tetrazole rings is 1. The van der Waals surface area contributed by atoms with Crippen molar-refractivity contribution >= 4 is 27.3 Å². The molecule has 3 aromatic rings. The van der Waals surface area contributed by atoms with Crippen molar-refractivity contribution in [3.63, 3.8) is 0 Å². The number of nitrogens with one attached hydrogen (secondary N) is 2. The standard InChI is InChI=1S/C19H23N7O3S/c1-13-8-9-16(11-18(13)30(28,29)25(3)4)21-19(27)12-20-15-6-5-7-17(10-15)26-14(2)22-23-24-26/h5-11,20H,12H2,1-4H3,(H,21,27). The first-order chi connectivity index (χ1) is 14.2. The van der Waals surface area contributed by atoms with E-state index in [-0.39, 0.29) is 17.3 Å². The fourth-order valence-corrected chi connectivity index (χ4v) is 3.90. The van der Waals surface area contributed by atoms with E-state index in [1.165, 1.54) is 20.2 Å². The average molecular weight is 430 g/mol. The average Bonchev–Trinajstić information content (AvgIpc) is 3.14. The highest BCUT2D eigenvalue weighted by molar-refractivity contribution is 7.89. The normalized spacial score (nSPS) is 11.5. The molecule has 2 N–H and O–H groups in total. The SMILES string of the molecule is Cc1ccc(NC(=O)CNc2cccc(-n3nnnc3C)c2)cc1S(=O)(=O)N(C)C. The van der Waals surface area contributed by atoms with Crippen molar-refractivity contribution in [2.24, 2.45) is 0 Å². The van der Waals surface area contributed by atoms with E-state index in [1.54, 1.807) is 30.7 Å². The zero-order chi connectivity index (χ0) is 21.9. The summed E-state index contributed by atoms with van der Waals surface area (Å²) in [5, 5.41) is 17.2. The number of benzene rings is 2. The van der Waals surface area contributed by atoms with Gasteiger partial charge in [-0.25, -0.2) is 12.7 Å². The third-order valence-corrected chi connectivity index (χ3v) is 6.36. The molecule has 1 aromatic heterocycles. The first-order valence-electron chi connectivity index (χ1n) is 9.11. The summed E-state index contributed by atoms with van der Waals surface area (Å²) in [5.41, 5.74) is 2.50. The Hall–Kier alpha value is -3.31. The predicted octanol–water partition coefficient (Wildman–Crippen LogP) is 1.58. The molecule has 0 aliphatic rings. The van der Waals surface area contributed by atoms with Crippen molar-refractivity contribution in [1.82, 2.24) is 24.5 Å². The van der Waals surface area contributed by atoms with E-state index in [0.29, 0.717) is 17.1 Å². The van der Waals surface area contributed by atoms with Crippen molar-refractivity contribution in [2.75, 3.05) is 31.3 Å². The van der Waals surface area contributed by atoms with Gasteiger partial charge in [0.2, 0.25) is 15.9 Å². The molecule has 0 spiro atoms. The fraction of sp³-hybridized carbons (Fsp3) is 0.263. The second-order valence-corrected chi connectivity index (χ2v) is 8.98. The van der Waals surface area contributed by atoms with Crippen LogP contribution in [-0.4, -0.2) is 59.5 Å². The Balaban J connectivity index is 1.68. The van der Waals surface area contributed by atoms with Gasteiger partial charge in [0.05, 0.1) is 17.1 Å². The Bertz CT molecular complexity index is 1170. The number of aromatic nitrogens is 4. The maximum atomic E-state index is 12.4.